The minimum absolute atomic E-state index is 0.161. The average molecular weight is 347 g/mol. The van der Waals surface area contributed by atoms with Crippen LogP contribution in [0.2, 0.25) is 0 Å². The van der Waals surface area contributed by atoms with Crippen molar-refractivity contribution in [3.63, 3.8) is 0 Å². The summed E-state index contributed by atoms with van der Waals surface area (Å²) in [6, 6.07) is 12.4. The van der Waals surface area contributed by atoms with Gasteiger partial charge in [0.15, 0.2) is 5.43 Å². The molecule has 0 radical (unpaired) electrons. The third-order valence-electron chi connectivity index (χ3n) is 5.35. The summed E-state index contributed by atoms with van der Waals surface area (Å²) in [5.74, 6) is 1.46. The van der Waals surface area contributed by atoms with Gasteiger partial charge in [-0.1, -0.05) is 32.0 Å². The smallest absolute Gasteiger partial charge is 0.193 e. The largest absolute Gasteiger partial charge is 0.496 e. The molecule has 4 rings (SSSR count). The van der Waals surface area contributed by atoms with Crippen LogP contribution in [0.3, 0.4) is 0 Å². The molecule has 0 unspecified atom stereocenters. The minimum Gasteiger partial charge on any atom is -0.496 e. The highest BCUT2D eigenvalue weighted by Gasteiger charge is 2.28. The van der Waals surface area contributed by atoms with Crippen LogP contribution in [-0.4, -0.2) is 11.7 Å². The number of methoxy groups -OCH3 is 1. The zero-order chi connectivity index (χ0) is 18.4. The molecule has 26 heavy (non-hydrogen) atoms. The van der Waals surface area contributed by atoms with Crippen molar-refractivity contribution < 1.29 is 4.74 Å². The highest BCUT2D eigenvalue weighted by Crippen LogP contribution is 2.41. The lowest BCUT2D eigenvalue weighted by atomic mass is 10.00. The Balaban J connectivity index is 2.05. The van der Waals surface area contributed by atoms with Gasteiger partial charge in [0.05, 0.1) is 18.3 Å². The van der Waals surface area contributed by atoms with Gasteiger partial charge in [-0.15, -0.1) is 0 Å². The minimum atomic E-state index is 0.161. The molecule has 0 fully saturated rings. The first-order chi connectivity index (χ1) is 12.5. The predicted octanol–water partition coefficient (Wildman–Crippen LogP) is 4.80. The first kappa shape index (κ1) is 16.9. The zero-order valence-electron chi connectivity index (χ0n) is 15.9. The molecule has 3 nitrogen and oxygen atoms in total. The number of nitrogens with zero attached hydrogens (tertiary/aromatic N) is 1. The third-order valence-corrected chi connectivity index (χ3v) is 5.35. The third kappa shape index (κ3) is 2.45. The van der Waals surface area contributed by atoms with Crippen molar-refractivity contribution in [3.8, 4) is 17.0 Å². The first-order valence-corrected chi connectivity index (χ1v) is 9.39. The van der Waals surface area contributed by atoms with Crippen LogP contribution < -0.4 is 10.2 Å². The van der Waals surface area contributed by atoms with Gasteiger partial charge in [0.25, 0.3) is 0 Å². The van der Waals surface area contributed by atoms with E-state index in [-0.39, 0.29) is 5.43 Å². The molecule has 0 atom stereocenters. The lowest BCUT2D eigenvalue weighted by Gasteiger charge is -2.17. The number of aryl methyl sites for hydroxylation is 1. The number of ether oxygens (including phenoxy) is 1. The Bertz CT molecular complexity index is 1060. The molecular formula is C23H25NO2. The highest BCUT2D eigenvalue weighted by atomic mass is 16.5. The summed E-state index contributed by atoms with van der Waals surface area (Å²) >= 11 is 0. The fourth-order valence-corrected chi connectivity index (χ4v) is 4.28. The maximum Gasteiger partial charge on any atom is 0.193 e. The first-order valence-electron chi connectivity index (χ1n) is 9.39. The fraction of sp³-hybridized carbons (Fsp3) is 0.348. The van der Waals surface area contributed by atoms with Gasteiger partial charge in [0.2, 0.25) is 0 Å². The number of fused-ring (bicyclic) bond motifs is 4. The van der Waals surface area contributed by atoms with Gasteiger partial charge in [0, 0.05) is 35.0 Å². The average Bonchev–Trinajstić information content (AvgIpc) is 3.01. The van der Waals surface area contributed by atoms with Crippen LogP contribution in [0, 0.1) is 5.92 Å². The number of benzene rings is 2. The maximum atomic E-state index is 13.2. The van der Waals surface area contributed by atoms with E-state index >= 15 is 0 Å². The summed E-state index contributed by atoms with van der Waals surface area (Å²) < 4.78 is 7.86. The topological polar surface area (TPSA) is 31.2 Å². The molecule has 0 spiro atoms. The fourth-order valence-electron chi connectivity index (χ4n) is 4.28. The Morgan fingerprint density at radius 2 is 1.96 bits per heavy atom. The molecule has 1 aliphatic carbocycles. The van der Waals surface area contributed by atoms with E-state index in [1.54, 1.807) is 7.11 Å². The molecule has 3 heteroatoms. The van der Waals surface area contributed by atoms with E-state index in [1.807, 2.05) is 18.2 Å². The van der Waals surface area contributed by atoms with Crippen LogP contribution in [0.1, 0.15) is 37.5 Å². The Morgan fingerprint density at radius 3 is 2.65 bits per heavy atom. The summed E-state index contributed by atoms with van der Waals surface area (Å²) in [6.45, 7) is 7.43. The van der Waals surface area contributed by atoms with Crippen molar-refractivity contribution in [2.45, 2.75) is 40.2 Å². The highest BCUT2D eigenvalue weighted by molar-refractivity contribution is 5.88. The van der Waals surface area contributed by atoms with Crippen molar-refractivity contribution in [2.75, 3.05) is 7.11 Å². The molecule has 0 bridgehead atoms. The van der Waals surface area contributed by atoms with Gasteiger partial charge in [-0.2, -0.15) is 0 Å². The second-order valence-corrected chi connectivity index (χ2v) is 7.51. The van der Waals surface area contributed by atoms with Gasteiger partial charge >= 0.3 is 0 Å². The molecule has 0 N–H and O–H groups in total. The van der Waals surface area contributed by atoms with Crippen LogP contribution in [0.4, 0.5) is 0 Å². The quantitative estimate of drug-likeness (QED) is 0.531. The van der Waals surface area contributed by atoms with Crippen LogP contribution in [0.15, 0.2) is 41.2 Å². The lowest BCUT2D eigenvalue weighted by Crippen LogP contribution is -2.15. The molecule has 0 aliphatic heterocycles. The normalized spacial score (nSPS) is 12.5. The summed E-state index contributed by atoms with van der Waals surface area (Å²) in [5.41, 5.74) is 6.73. The zero-order valence-corrected chi connectivity index (χ0v) is 15.9. The number of rotatable bonds is 4. The monoisotopic (exact) mass is 347 g/mol. The van der Waals surface area contributed by atoms with Crippen molar-refractivity contribution >= 4 is 10.9 Å². The summed E-state index contributed by atoms with van der Waals surface area (Å²) in [6.07, 6.45) is 1.67. The van der Waals surface area contributed by atoms with E-state index in [1.165, 1.54) is 5.56 Å². The van der Waals surface area contributed by atoms with Crippen LogP contribution in [0.5, 0.6) is 5.75 Å². The maximum absolute atomic E-state index is 13.2. The molecule has 0 amide bonds. The van der Waals surface area contributed by atoms with Crippen LogP contribution in [0.25, 0.3) is 22.2 Å². The number of pyridine rings is 1. The standard InChI is InChI=1S/C23H25NO2/c1-5-24-20-12-15(11-14(2)3)9-10-17(20)23(25)19-13-18-16(22(19)24)7-6-8-21(18)26-4/h6-10,12,14H,5,11,13H2,1-4H3. The molecule has 3 aromatic rings. The summed E-state index contributed by atoms with van der Waals surface area (Å²) in [5, 5.41) is 0.824. The Kier molecular flexibility index (Phi) is 4.10. The predicted molar refractivity (Wildman–Crippen MR) is 107 cm³/mol. The second-order valence-electron chi connectivity index (χ2n) is 7.51. The molecule has 1 aromatic heterocycles. The van der Waals surface area contributed by atoms with Gasteiger partial charge < -0.3 is 9.30 Å². The molecule has 2 aromatic carbocycles. The summed E-state index contributed by atoms with van der Waals surface area (Å²) in [4.78, 5) is 13.2. The second kappa shape index (κ2) is 6.31. The Hall–Kier alpha value is -2.55. The molecule has 0 saturated carbocycles. The van der Waals surface area contributed by atoms with Crippen molar-refractivity contribution in [3.05, 3.63) is 63.3 Å². The van der Waals surface area contributed by atoms with Crippen molar-refractivity contribution in [1.29, 1.82) is 0 Å². The molecular weight excluding hydrogens is 322 g/mol. The lowest BCUT2D eigenvalue weighted by molar-refractivity contribution is 0.411. The molecule has 1 aliphatic rings. The van der Waals surface area contributed by atoms with Crippen LogP contribution >= 0.6 is 0 Å². The Labute approximate surface area is 154 Å². The SMILES string of the molecule is CCn1c2c(c(=O)c3ccc(CC(C)C)cc31)Cc1c(OC)cccc1-2. The summed E-state index contributed by atoms with van der Waals surface area (Å²) in [7, 11) is 1.69. The van der Waals surface area contributed by atoms with Gasteiger partial charge in [-0.05, 0) is 43.0 Å². The van der Waals surface area contributed by atoms with E-state index in [9.17, 15) is 4.79 Å². The van der Waals surface area contributed by atoms with Gasteiger partial charge in [-0.25, -0.2) is 0 Å². The number of hydrogen-bond acceptors (Lipinski definition) is 2. The van der Waals surface area contributed by atoms with E-state index in [2.05, 4.69) is 43.5 Å². The van der Waals surface area contributed by atoms with Gasteiger partial charge in [-0.3, -0.25) is 4.79 Å². The Morgan fingerprint density at radius 1 is 1.15 bits per heavy atom. The molecule has 134 valence electrons. The van der Waals surface area contributed by atoms with Crippen molar-refractivity contribution in [1.82, 2.24) is 4.57 Å². The van der Waals surface area contributed by atoms with E-state index < -0.39 is 0 Å². The molecule has 1 heterocycles. The number of hydrogen-bond donors (Lipinski definition) is 0. The van der Waals surface area contributed by atoms with Crippen LogP contribution in [-0.2, 0) is 19.4 Å². The number of aromatic nitrogens is 1. The molecule has 0 saturated heterocycles. The van der Waals surface area contributed by atoms with Gasteiger partial charge in [0.1, 0.15) is 5.75 Å². The van der Waals surface area contributed by atoms with Crippen molar-refractivity contribution in [2.24, 2.45) is 5.92 Å². The van der Waals surface area contributed by atoms with E-state index in [4.69, 9.17) is 4.74 Å². The van der Waals surface area contributed by atoms with E-state index in [0.29, 0.717) is 12.3 Å². The van der Waals surface area contributed by atoms with E-state index in [0.717, 1.165) is 52.0 Å².